The number of nitrogens with one attached hydrogen (secondary N) is 2. The lowest BCUT2D eigenvalue weighted by Crippen LogP contribution is -2.45. The molecule has 2 rings (SSSR count). The van der Waals surface area contributed by atoms with Gasteiger partial charge in [0.15, 0.2) is 0 Å². The van der Waals surface area contributed by atoms with Gasteiger partial charge in [-0.1, -0.05) is 0 Å². The number of hydrogen-bond acceptors (Lipinski definition) is 4. The van der Waals surface area contributed by atoms with Gasteiger partial charge < -0.3 is 15.7 Å². The Kier molecular flexibility index (Phi) is 5.57. The lowest BCUT2D eigenvalue weighted by Gasteiger charge is -2.23. The highest BCUT2D eigenvalue weighted by Gasteiger charge is 2.32. The van der Waals surface area contributed by atoms with Crippen LogP contribution in [0.5, 0.6) is 0 Å². The monoisotopic (exact) mass is 280 g/mol. The molecule has 1 amide bonds. The molecular formula is C11H21ClN2O2S. The molecule has 2 saturated heterocycles. The molecule has 4 nitrogen and oxygen atoms in total. The van der Waals surface area contributed by atoms with E-state index in [2.05, 4.69) is 17.6 Å². The normalized spacial score (nSPS) is 36.6. The first-order valence-corrected chi connectivity index (χ1v) is 6.91. The van der Waals surface area contributed by atoms with Crippen molar-refractivity contribution >= 4 is 30.1 Å². The van der Waals surface area contributed by atoms with Crippen LogP contribution in [0.1, 0.15) is 26.2 Å². The summed E-state index contributed by atoms with van der Waals surface area (Å²) in [4.78, 5) is 11.8. The largest absolute Gasteiger partial charge is 0.392 e. The molecular weight excluding hydrogens is 260 g/mol. The van der Waals surface area contributed by atoms with Crippen LogP contribution in [-0.2, 0) is 4.79 Å². The van der Waals surface area contributed by atoms with Crippen LogP contribution < -0.4 is 10.6 Å². The molecule has 0 saturated carbocycles. The average Bonchev–Trinajstić information content (AvgIpc) is 2.85. The fourth-order valence-corrected chi connectivity index (χ4v) is 3.53. The van der Waals surface area contributed by atoms with Crippen molar-refractivity contribution in [1.29, 1.82) is 0 Å². The van der Waals surface area contributed by atoms with E-state index < -0.39 is 0 Å². The van der Waals surface area contributed by atoms with Crippen molar-refractivity contribution in [2.24, 2.45) is 0 Å². The molecule has 0 aromatic heterocycles. The summed E-state index contributed by atoms with van der Waals surface area (Å²) in [6, 6.07) is -0.204. The van der Waals surface area contributed by atoms with Gasteiger partial charge in [0.05, 0.1) is 12.1 Å². The number of amides is 1. The second-order valence-electron chi connectivity index (χ2n) is 4.97. The summed E-state index contributed by atoms with van der Waals surface area (Å²) in [6.07, 6.45) is 2.60. The Hall–Kier alpha value is 0.0300. The summed E-state index contributed by atoms with van der Waals surface area (Å²) in [6.45, 7) is 3.48. The van der Waals surface area contributed by atoms with Gasteiger partial charge in [-0.25, -0.2) is 0 Å². The van der Waals surface area contributed by atoms with Gasteiger partial charge in [0.1, 0.15) is 0 Å². The van der Waals surface area contributed by atoms with Gasteiger partial charge >= 0.3 is 0 Å². The van der Waals surface area contributed by atoms with Crippen molar-refractivity contribution in [3.63, 3.8) is 0 Å². The van der Waals surface area contributed by atoms with Crippen LogP contribution in [0, 0.1) is 0 Å². The Morgan fingerprint density at radius 2 is 2.41 bits per heavy atom. The summed E-state index contributed by atoms with van der Waals surface area (Å²) in [7, 11) is 0. The Balaban J connectivity index is 0.00000144. The molecule has 2 aliphatic heterocycles. The summed E-state index contributed by atoms with van der Waals surface area (Å²) in [5, 5.41) is 15.4. The van der Waals surface area contributed by atoms with Crippen LogP contribution in [-0.4, -0.2) is 46.7 Å². The van der Waals surface area contributed by atoms with Gasteiger partial charge in [-0.3, -0.25) is 4.79 Å². The third-order valence-electron chi connectivity index (χ3n) is 3.36. The van der Waals surface area contributed by atoms with E-state index in [1.165, 1.54) is 18.6 Å². The molecule has 2 aliphatic rings. The molecule has 0 aromatic rings. The molecule has 0 spiro atoms. The minimum Gasteiger partial charge on any atom is -0.392 e. The van der Waals surface area contributed by atoms with E-state index in [1.54, 1.807) is 0 Å². The number of thioether (sulfide) groups is 1. The molecule has 3 N–H and O–H groups in total. The fourth-order valence-electron chi connectivity index (χ4n) is 2.29. The average molecular weight is 281 g/mol. The lowest BCUT2D eigenvalue weighted by molar-refractivity contribution is -0.123. The topological polar surface area (TPSA) is 61.4 Å². The number of aliphatic hydroxyl groups excluding tert-OH is 1. The highest BCUT2D eigenvalue weighted by Crippen LogP contribution is 2.36. The lowest BCUT2D eigenvalue weighted by atomic mass is 10.1. The van der Waals surface area contributed by atoms with E-state index in [0.29, 0.717) is 13.0 Å². The first-order chi connectivity index (χ1) is 7.59. The fraction of sp³-hybridized carbons (Fsp3) is 0.909. The van der Waals surface area contributed by atoms with E-state index >= 15 is 0 Å². The van der Waals surface area contributed by atoms with Crippen molar-refractivity contribution in [3.05, 3.63) is 0 Å². The van der Waals surface area contributed by atoms with Crippen LogP contribution in [0.3, 0.4) is 0 Å². The Labute approximate surface area is 113 Å². The predicted molar refractivity (Wildman–Crippen MR) is 72.8 cm³/mol. The Morgan fingerprint density at radius 1 is 1.65 bits per heavy atom. The highest BCUT2D eigenvalue weighted by atomic mass is 35.5. The first kappa shape index (κ1) is 15.1. The first-order valence-electron chi connectivity index (χ1n) is 5.92. The number of aliphatic hydroxyl groups is 1. The Bertz CT molecular complexity index is 272. The number of rotatable bonds is 3. The van der Waals surface area contributed by atoms with Crippen LogP contribution >= 0.6 is 24.2 Å². The number of hydrogen-bond donors (Lipinski definition) is 3. The molecule has 6 heteroatoms. The quantitative estimate of drug-likeness (QED) is 0.706. The zero-order chi connectivity index (χ0) is 11.6. The van der Waals surface area contributed by atoms with Gasteiger partial charge in [0, 0.05) is 17.8 Å². The summed E-state index contributed by atoms with van der Waals surface area (Å²) in [5.41, 5.74) is 0. The molecule has 0 aromatic carbocycles. The maximum Gasteiger partial charge on any atom is 0.237 e. The minimum atomic E-state index is -0.368. The van der Waals surface area contributed by atoms with E-state index in [1.807, 2.05) is 11.8 Å². The van der Waals surface area contributed by atoms with Gasteiger partial charge in [0.25, 0.3) is 0 Å². The number of carbonyl (C=O) groups excluding carboxylic acids is 1. The van der Waals surface area contributed by atoms with Crippen molar-refractivity contribution < 1.29 is 9.90 Å². The van der Waals surface area contributed by atoms with E-state index in [4.69, 9.17) is 0 Å². The zero-order valence-corrected chi connectivity index (χ0v) is 11.7. The minimum absolute atomic E-state index is 0. The van der Waals surface area contributed by atoms with Crippen molar-refractivity contribution in [1.82, 2.24) is 10.6 Å². The maximum absolute atomic E-state index is 11.8. The number of β-amino-alcohol motifs (C(OH)–C–C–N with tert-alkyl or cyclic N) is 1. The number of halogens is 1. The summed E-state index contributed by atoms with van der Waals surface area (Å²) < 4.78 is 0.215. The SMILES string of the molecule is CC1(CNC(=O)C2CC(O)CN2)CCCS1.Cl. The zero-order valence-electron chi connectivity index (χ0n) is 10.1. The molecule has 3 atom stereocenters. The van der Waals surface area contributed by atoms with Crippen LogP contribution in [0.4, 0.5) is 0 Å². The van der Waals surface area contributed by atoms with E-state index in [0.717, 1.165) is 6.54 Å². The second-order valence-corrected chi connectivity index (χ2v) is 6.65. The van der Waals surface area contributed by atoms with Crippen LogP contribution in [0.25, 0.3) is 0 Å². The molecule has 17 heavy (non-hydrogen) atoms. The maximum atomic E-state index is 11.8. The van der Waals surface area contributed by atoms with Crippen LogP contribution in [0.15, 0.2) is 0 Å². The summed E-state index contributed by atoms with van der Waals surface area (Å²) in [5.74, 6) is 1.23. The smallest absolute Gasteiger partial charge is 0.237 e. The molecule has 0 radical (unpaired) electrons. The predicted octanol–water partition coefficient (Wildman–Crippen LogP) is 0.533. The molecule has 100 valence electrons. The number of carbonyl (C=O) groups is 1. The third-order valence-corrected chi connectivity index (χ3v) is 4.90. The molecule has 3 unspecified atom stereocenters. The van der Waals surface area contributed by atoms with E-state index in [9.17, 15) is 9.90 Å². The standard InChI is InChI=1S/C11H20N2O2S.ClH/c1-11(3-2-4-16-11)7-13-10(15)9-5-8(14)6-12-9;/h8-9,12,14H,2-7H2,1H3,(H,13,15);1H. The van der Waals surface area contributed by atoms with Crippen molar-refractivity contribution in [2.45, 2.75) is 43.1 Å². The summed E-state index contributed by atoms with van der Waals surface area (Å²) >= 11 is 1.95. The van der Waals surface area contributed by atoms with Gasteiger partial charge in [-0.2, -0.15) is 11.8 Å². The molecule has 2 fully saturated rings. The third kappa shape index (κ3) is 4.02. The van der Waals surface area contributed by atoms with E-state index in [-0.39, 0.29) is 35.2 Å². The molecule has 2 heterocycles. The molecule has 0 bridgehead atoms. The van der Waals surface area contributed by atoms with Gasteiger partial charge in [0.2, 0.25) is 5.91 Å². The van der Waals surface area contributed by atoms with Gasteiger partial charge in [-0.05, 0) is 31.9 Å². The second kappa shape index (κ2) is 6.27. The van der Waals surface area contributed by atoms with Crippen molar-refractivity contribution in [3.8, 4) is 0 Å². The Morgan fingerprint density at radius 3 is 2.94 bits per heavy atom. The highest BCUT2D eigenvalue weighted by molar-refractivity contribution is 8.00. The van der Waals surface area contributed by atoms with Crippen molar-refractivity contribution in [2.75, 3.05) is 18.8 Å². The molecule has 0 aliphatic carbocycles. The van der Waals surface area contributed by atoms with Gasteiger partial charge in [-0.15, -0.1) is 12.4 Å². The van der Waals surface area contributed by atoms with Crippen LogP contribution in [0.2, 0.25) is 0 Å².